The molecule has 0 aliphatic carbocycles. The first-order chi connectivity index (χ1) is 14.0. The van der Waals surface area contributed by atoms with Gasteiger partial charge in [0.15, 0.2) is 0 Å². The molecule has 4 heteroatoms. The van der Waals surface area contributed by atoms with E-state index in [1.54, 1.807) is 0 Å². The van der Waals surface area contributed by atoms with E-state index in [0.717, 1.165) is 22.4 Å². The van der Waals surface area contributed by atoms with Crippen molar-refractivity contribution in [3.8, 4) is 16.9 Å². The summed E-state index contributed by atoms with van der Waals surface area (Å²) in [7, 11) is 0. The number of fused-ring (bicyclic) bond motifs is 1. The van der Waals surface area contributed by atoms with Crippen LogP contribution in [-0.4, -0.2) is 23.3 Å². The molecule has 0 saturated carbocycles. The van der Waals surface area contributed by atoms with Crippen LogP contribution in [0.4, 0.5) is 4.79 Å². The number of carboxylic acid groups (broad SMARTS) is 1. The Morgan fingerprint density at radius 3 is 2.41 bits per heavy atom. The molecule has 1 aliphatic heterocycles. The number of carbonyl (C=O) groups is 1. The molecule has 0 spiro atoms. The van der Waals surface area contributed by atoms with Crippen molar-refractivity contribution in [2.45, 2.75) is 38.8 Å². The van der Waals surface area contributed by atoms with Crippen LogP contribution in [0.1, 0.15) is 22.3 Å². The Bertz CT molecular complexity index is 1010. The number of benzene rings is 3. The number of ether oxygens (including phenoxy) is 1. The van der Waals surface area contributed by atoms with Crippen LogP contribution in [0.2, 0.25) is 0 Å². The van der Waals surface area contributed by atoms with Gasteiger partial charge in [-0.15, -0.1) is 0 Å². The van der Waals surface area contributed by atoms with Gasteiger partial charge in [-0.25, -0.2) is 4.79 Å². The summed E-state index contributed by atoms with van der Waals surface area (Å²) in [4.78, 5) is 11.4. The lowest BCUT2D eigenvalue weighted by molar-refractivity contribution is 0.154. The zero-order chi connectivity index (χ0) is 20.4. The van der Waals surface area contributed by atoms with E-state index in [1.807, 2.05) is 30.3 Å². The minimum absolute atomic E-state index is 0.244. The molecule has 1 heterocycles. The predicted octanol–water partition coefficient (Wildman–Crippen LogP) is 5.15. The molecule has 0 fully saturated rings. The van der Waals surface area contributed by atoms with Crippen LogP contribution in [0.15, 0.2) is 66.7 Å². The normalized spacial score (nSPS) is 16.0. The molecule has 2 unspecified atom stereocenters. The van der Waals surface area contributed by atoms with Crippen molar-refractivity contribution in [3.63, 3.8) is 0 Å². The van der Waals surface area contributed by atoms with Crippen LogP contribution in [0.3, 0.4) is 0 Å². The Balaban J connectivity index is 1.66. The van der Waals surface area contributed by atoms with Gasteiger partial charge in [0, 0.05) is 12.0 Å². The summed E-state index contributed by atoms with van der Waals surface area (Å²) in [6.07, 6.45) is 0.00314. The van der Waals surface area contributed by atoms with Gasteiger partial charge in [0.05, 0.1) is 6.04 Å². The Hall–Kier alpha value is -3.27. The monoisotopic (exact) mass is 387 g/mol. The average Bonchev–Trinajstić information content (AvgIpc) is 3.13. The minimum atomic E-state index is -1.03. The van der Waals surface area contributed by atoms with Crippen LogP contribution in [0.25, 0.3) is 11.1 Å². The van der Waals surface area contributed by atoms with E-state index >= 15 is 0 Å². The standard InChI is InChI=1S/C25H25NO3/c1-16-8-6-9-17(2)23(16)20-13-7-12-19-15-22(29-24(19)20)21(26-25(27)28)14-18-10-4-3-5-11-18/h3-13,21-22,26H,14-15H2,1-2H3,(H,27,28). The summed E-state index contributed by atoms with van der Waals surface area (Å²) < 4.78 is 6.41. The fourth-order valence-corrected chi connectivity index (χ4v) is 4.26. The second kappa shape index (κ2) is 8.00. The average molecular weight is 387 g/mol. The molecule has 2 atom stereocenters. The maximum absolute atomic E-state index is 11.4. The second-order valence-corrected chi connectivity index (χ2v) is 7.67. The van der Waals surface area contributed by atoms with Crippen molar-refractivity contribution < 1.29 is 14.6 Å². The third-order valence-corrected chi connectivity index (χ3v) is 5.59. The Kier molecular flexibility index (Phi) is 5.26. The number of hydrogen-bond acceptors (Lipinski definition) is 2. The summed E-state index contributed by atoms with van der Waals surface area (Å²) >= 11 is 0. The Morgan fingerprint density at radius 1 is 1.03 bits per heavy atom. The van der Waals surface area contributed by atoms with Gasteiger partial charge in [0.2, 0.25) is 0 Å². The highest BCUT2D eigenvalue weighted by Crippen LogP contribution is 2.41. The molecular formula is C25H25NO3. The molecule has 0 radical (unpaired) electrons. The molecule has 0 saturated heterocycles. The fourth-order valence-electron chi connectivity index (χ4n) is 4.26. The number of hydrogen-bond donors (Lipinski definition) is 2. The first kappa shape index (κ1) is 19.1. The van der Waals surface area contributed by atoms with E-state index in [2.05, 4.69) is 55.6 Å². The van der Waals surface area contributed by atoms with E-state index in [9.17, 15) is 9.90 Å². The molecular weight excluding hydrogens is 362 g/mol. The highest BCUT2D eigenvalue weighted by molar-refractivity contribution is 5.78. The largest absolute Gasteiger partial charge is 0.487 e. The molecule has 0 aromatic heterocycles. The van der Waals surface area contributed by atoms with Crippen molar-refractivity contribution in [1.82, 2.24) is 5.32 Å². The summed E-state index contributed by atoms with van der Waals surface area (Å²) in [5, 5.41) is 12.1. The highest BCUT2D eigenvalue weighted by atomic mass is 16.5. The number of amides is 1. The van der Waals surface area contributed by atoms with Crippen LogP contribution in [0, 0.1) is 13.8 Å². The highest BCUT2D eigenvalue weighted by Gasteiger charge is 2.33. The molecule has 2 N–H and O–H groups in total. The van der Waals surface area contributed by atoms with E-state index < -0.39 is 6.09 Å². The molecule has 0 bridgehead atoms. The van der Waals surface area contributed by atoms with E-state index in [-0.39, 0.29) is 12.1 Å². The van der Waals surface area contributed by atoms with Gasteiger partial charge >= 0.3 is 6.09 Å². The topological polar surface area (TPSA) is 58.6 Å². The van der Waals surface area contributed by atoms with Crippen molar-refractivity contribution in [2.24, 2.45) is 0 Å². The van der Waals surface area contributed by atoms with E-state index in [1.165, 1.54) is 16.7 Å². The summed E-state index contributed by atoms with van der Waals surface area (Å²) in [5.74, 6) is 0.875. The van der Waals surface area contributed by atoms with Gasteiger partial charge in [-0.1, -0.05) is 66.7 Å². The lowest BCUT2D eigenvalue weighted by atomic mass is 9.93. The number of nitrogens with one attached hydrogen (secondary N) is 1. The van der Waals surface area contributed by atoms with Crippen molar-refractivity contribution in [1.29, 1.82) is 0 Å². The van der Waals surface area contributed by atoms with Gasteiger partial charge in [0.25, 0.3) is 0 Å². The summed E-state index contributed by atoms with van der Waals surface area (Å²) in [6, 6.07) is 22.1. The fraction of sp³-hybridized carbons (Fsp3) is 0.240. The Labute approximate surface area is 171 Å². The minimum Gasteiger partial charge on any atom is -0.487 e. The summed E-state index contributed by atoms with van der Waals surface area (Å²) in [5.41, 5.74) is 6.89. The third kappa shape index (κ3) is 3.97. The van der Waals surface area contributed by atoms with Crippen molar-refractivity contribution in [2.75, 3.05) is 0 Å². The molecule has 1 amide bonds. The molecule has 29 heavy (non-hydrogen) atoms. The van der Waals surface area contributed by atoms with E-state index in [0.29, 0.717) is 12.8 Å². The first-order valence-corrected chi connectivity index (χ1v) is 9.91. The maximum atomic E-state index is 11.4. The number of rotatable bonds is 5. The van der Waals surface area contributed by atoms with Gasteiger partial charge in [-0.05, 0) is 48.1 Å². The van der Waals surface area contributed by atoms with E-state index in [4.69, 9.17) is 4.74 Å². The molecule has 1 aliphatic rings. The zero-order valence-electron chi connectivity index (χ0n) is 16.7. The molecule has 4 rings (SSSR count). The first-order valence-electron chi connectivity index (χ1n) is 9.91. The van der Waals surface area contributed by atoms with Crippen LogP contribution in [0.5, 0.6) is 5.75 Å². The van der Waals surface area contributed by atoms with Gasteiger partial charge < -0.3 is 15.2 Å². The van der Waals surface area contributed by atoms with Gasteiger partial charge in [0.1, 0.15) is 11.9 Å². The predicted molar refractivity (Wildman–Crippen MR) is 115 cm³/mol. The molecule has 3 aromatic rings. The van der Waals surface area contributed by atoms with Gasteiger partial charge in [-0.3, -0.25) is 0 Å². The van der Waals surface area contributed by atoms with Crippen LogP contribution >= 0.6 is 0 Å². The Morgan fingerprint density at radius 2 is 1.72 bits per heavy atom. The molecule has 148 valence electrons. The maximum Gasteiger partial charge on any atom is 0.405 e. The van der Waals surface area contributed by atoms with Crippen LogP contribution in [-0.2, 0) is 12.8 Å². The van der Waals surface area contributed by atoms with Crippen molar-refractivity contribution >= 4 is 6.09 Å². The quantitative estimate of drug-likeness (QED) is 0.636. The number of aryl methyl sites for hydroxylation is 2. The van der Waals surface area contributed by atoms with Gasteiger partial charge in [-0.2, -0.15) is 0 Å². The van der Waals surface area contributed by atoms with Crippen molar-refractivity contribution in [3.05, 3.63) is 89.0 Å². The smallest absolute Gasteiger partial charge is 0.405 e. The molecule has 4 nitrogen and oxygen atoms in total. The van der Waals surface area contributed by atoms with Crippen LogP contribution < -0.4 is 10.1 Å². The second-order valence-electron chi connectivity index (χ2n) is 7.67. The number of para-hydroxylation sites is 1. The lowest BCUT2D eigenvalue weighted by Crippen LogP contribution is -2.46. The molecule has 3 aromatic carbocycles. The third-order valence-electron chi connectivity index (χ3n) is 5.59. The zero-order valence-corrected chi connectivity index (χ0v) is 16.7. The summed E-state index contributed by atoms with van der Waals surface area (Å²) in [6.45, 7) is 4.22. The lowest BCUT2D eigenvalue weighted by Gasteiger charge is -2.24. The SMILES string of the molecule is Cc1cccc(C)c1-c1cccc2c1OC(C(Cc1ccccc1)NC(=O)O)C2.